The van der Waals surface area contributed by atoms with E-state index in [4.69, 9.17) is 10.00 Å². The first-order valence-electron chi connectivity index (χ1n) is 6.42. The van der Waals surface area contributed by atoms with Gasteiger partial charge in [-0.05, 0) is 31.0 Å². The Bertz CT molecular complexity index is 581. The molecule has 112 valence electrons. The third-order valence-corrected chi connectivity index (χ3v) is 3.74. The molecule has 0 aliphatic rings. The van der Waals surface area contributed by atoms with Gasteiger partial charge >= 0.3 is 0 Å². The number of aldehydes is 1. The van der Waals surface area contributed by atoms with E-state index in [-0.39, 0.29) is 12.5 Å². The number of amides is 1. The summed E-state index contributed by atoms with van der Waals surface area (Å²) in [7, 11) is 0. The van der Waals surface area contributed by atoms with Gasteiger partial charge in [-0.2, -0.15) is 5.26 Å². The van der Waals surface area contributed by atoms with Gasteiger partial charge in [-0.25, -0.2) is 0 Å². The quantitative estimate of drug-likeness (QED) is 0.798. The van der Waals surface area contributed by atoms with Gasteiger partial charge in [0.2, 0.25) is 0 Å². The van der Waals surface area contributed by atoms with Crippen LogP contribution in [0.4, 0.5) is 0 Å². The van der Waals surface area contributed by atoms with Crippen molar-refractivity contribution in [1.82, 2.24) is 5.32 Å². The minimum absolute atomic E-state index is 0.0373. The Morgan fingerprint density at radius 3 is 2.76 bits per heavy atom. The van der Waals surface area contributed by atoms with Crippen molar-refractivity contribution in [1.29, 1.82) is 5.26 Å². The first-order valence-corrected chi connectivity index (χ1v) is 7.21. The summed E-state index contributed by atoms with van der Waals surface area (Å²) in [6.07, 6.45) is 0.658. The Kier molecular flexibility index (Phi) is 5.91. The minimum Gasteiger partial charge on any atom is -0.483 e. The zero-order chi connectivity index (χ0) is 16.0. The molecule has 0 aliphatic carbocycles. The van der Waals surface area contributed by atoms with E-state index in [9.17, 15) is 9.59 Å². The van der Waals surface area contributed by atoms with E-state index in [1.165, 1.54) is 0 Å². The highest BCUT2D eigenvalue weighted by atomic mass is 79.9. The van der Waals surface area contributed by atoms with Crippen molar-refractivity contribution in [2.45, 2.75) is 26.3 Å². The molecule has 1 rings (SSSR count). The van der Waals surface area contributed by atoms with Crippen molar-refractivity contribution in [3.8, 4) is 11.8 Å². The number of nitrogens with one attached hydrogen (secondary N) is 1. The van der Waals surface area contributed by atoms with Crippen molar-refractivity contribution in [3.05, 3.63) is 28.2 Å². The number of carbonyl (C=O) groups is 2. The van der Waals surface area contributed by atoms with Crippen LogP contribution in [0.1, 0.15) is 31.1 Å². The standard InChI is InChI=1S/C15H17BrN2O3/c1-10(2)15(3,9-17)18-14(20)8-21-13-5-4-12(16)6-11(13)7-19/h4-7,10H,8H2,1-3H3,(H,18,20)/t15-/m0/s1. The lowest BCUT2D eigenvalue weighted by Crippen LogP contribution is -2.50. The lowest BCUT2D eigenvalue weighted by Gasteiger charge is -2.27. The summed E-state index contributed by atoms with van der Waals surface area (Å²) in [5.74, 6) is -0.122. The van der Waals surface area contributed by atoms with E-state index in [0.717, 1.165) is 4.47 Å². The molecule has 0 heterocycles. The Morgan fingerprint density at radius 1 is 1.57 bits per heavy atom. The van der Waals surface area contributed by atoms with Crippen molar-refractivity contribution in [2.75, 3.05) is 6.61 Å². The van der Waals surface area contributed by atoms with Gasteiger partial charge in [-0.1, -0.05) is 29.8 Å². The molecule has 0 saturated carbocycles. The predicted octanol–water partition coefficient (Wildman–Crippen LogP) is 2.69. The van der Waals surface area contributed by atoms with Gasteiger partial charge < -0.3 is 10.1 Å². The highest BCUT2D eigenvalue weighted by Crippen LogP contribution is 2.21. The van der Waals surface area contributed by atoms with Gasteiger partial charge in [-0.15, -0.1) is 0 Å². The van der Waals surface area contributed by atoms with Gasteiger partial charge in [0.25, 0.3) is 5.91 Å². The van der Waals surface area contributed by atoms with E-state index >= 15 is 0 Å². The van der Waals surface area contributed by atoms with Crippen LogP contribution in [0.2, 0.25) is 0 Å². The molecule has 0 unspecified atom stereocenters. The topological polar surface area (TPSA) is 79.2 Å². The highest BCUT2D eigenvalue weighted by Gasteiger charge is 2.30. The van der Waals surface area contributed by atoms with Crippen LogP contribution in [-0.4, -0.2) is 24.3 Å². The normalized spacial score (nSPS) is 13.1. The molecular weight excluding hydrogens is 336 g/mol. The smallest absolute Gasteiger partial charge is 0.259 e. The van der Waals surface area contributed by atoms with Crippen molar-refractivity contribution in [2.24, 2.45) is 5.92 Å². The lowest BCUT2D eigenvalue weighted by molar-refractivity contribution is -0.124. The van der Waals surface area contributed by atoms with Crippen LogP contribution in [0, 0.1) is 17.2 Å². The second-order valence-corrected chi connectivity index (χ2v) is 6.02. The maximum absolute atomic E-state index is 11.9. The number of nitrogens with zero attached hydrogens (tertiary/aromatic N) is 1. The molecule has 0 aliphatic heterocycles. The number of hydrogen-bond donors (Lipinski definition) is 1. The van der Waals surface area contributed by atoms with Gasteiger partial charge in [0, 0.05) is 4.47 Å². The zero-order valence-corrected chi connectivity index (χ0v) is 13.7. The van der Waals surface area contributed by atoms with Crippen LogP contribution in [0.15, 0.2) is 22.7 Å². The predicted molar refractivity (Wildman–Crippen MR) is 82.0 cm³/mol. The number of carbonyl (C=O) groups excluding carboxylic acids is 2. The fourth-order valence-electron chi connectivity index (χ4n) is 1.51. The van der Waals surface area contributed by atoms with Gasteiger partial charge in [0.15, 0.2) is 12.9 Å². The molecule has 0 spiro atoms. The van der Waals surface area contributed by atoms with Crippen molar-refractivity contribution >= 4 is 28.1 Å². The maximum atomic E-state index is 11.9. The largest absolute Gasteiger partial charge is 0.483 e. The monoisotopic (exact) mass is 352 g/mol. The molecule has 0 radical (unpaired) electrons. The summed E-state index contributed by atoms with van der Waals surface area (Å²) in [6, 6.07) is 7.01. The lowest BCUT2D eigenvalue weighted by atomic mass is 9.90. The van der Waals surface area contributed by atoms with E-state index in [1.54, 1.807) is 25.1 Å². The van der Waals surface area contributed by atoms with Crippen LogP contribution in [0.3, 0.4) is 0 Å². The molecule has 0 bridgehead atoms. The van der Waals surface area contributed by atoms with Crippen molar-refractivity contribution in [3.63, 3.8) is 0 Å². The fourth-order valence-corrected chi connectivity index (χ4v) is 1.89. The number of ether oxygens (including phenoxy) is 1. The molecular formula is C15H17BrN2O3. The SMILES string of the molecule is CC(C)[C@](C)(C#N)NC(=O)COc1ccc(Br)cc1C=O. The van der Waals surface area contributed by atoms with Crippen molar-refractivity contribution < 1.29 is 14.3 Å². The summed E-state index contributed by atoms with van der Waals surface area (Å²) in [5, 5.41) is 11.8. The molecule has 0 fully saturated rings. The molecule has 1 aromatic rings. The van der Waals surface area contributed by atoms with Crippen LogP contribution < -0.4 is 10.1 Å². The Balaban J connectivity index is 2.70. The molecule has 1 N–H and O–H groups in total. The second-order valence-electron chi connectivity index (χ2n) is 5.11. The summed E-state index contributed by atoms with van der Waals surface area (Å²) >= 11 is 3.25. The molecule has 1 aromatic carbocycles. The second kappa shape index (κ2) is 7.23. The Hall–Kier alpha value is -1.87. The number of halogens is 1. The molecule has 0 aromatic heterocycles. The third-order valence-electron chi connectivity index (χ3n) is 3.24. The number of benzene rings is 1. The summed E-state index contributed by atoms with van der Waals surface area (Å²) in [4.78, 5) is 22.8. The first-order chi connectivity index (χ1) is 9.82. The van der Waals surface area contributed by atoms with Crippen LogP contribution in [0.5, 0.6) is 5.75 Å². The third kappa shape index (κ3) is 4.57. The van der Waals surface area contributed by atoms with E-state index < -0.39 is 11.4 Å². The average molecular weight is 353 g/mol. The van der Waals surface area contributed by atoms with Gasteiger partial charge in [-0.3, -0.25) is 9.59 Å². The van der Waals surface area contributed by atoms with E-state index in [0.29, 0.717) is 17.6 Å². The Labute approximate surface area is 132 Å². The Morgan fingerprint density at radius 2 is 2.24 bits per heavy atom. The van der Waals surface area contributed by atoms with Crippen LogP contribution in [-0.2, 0) is 4.79 Å². The average Bonchev–Trinajstić information content (AvgIpc) is 2.45. The van der Waals surface area contributed by atoms with Crippen LogP contribution in [0.25, 0.3) is 0 Å². The van der Waals surface area contributed by atoms with E-state index in [2.05, 4.69) is 27.3 Å². The van der Waals surface area contributed by atoms with Gasteiger partial charge in [0.1, 0.15) is 11.3 Å². The molecule has 5 nitrogen and oxygen atoms in total. The van der Waals surface area contributed by atoms with Crippen LogP contribution >= 0.6 is 15.9 Å². The number of rotatable bonds is 6. The molecule has 0 saturated heterocycles. The number of nitriles is 1. The molecule has 21 heavy (non-hydrogen) atoms. The van der Waals surface area contributed by atoms with E-state index in [1.807, 2.05) is 13.8 Å². The first kappa shape index (κ1) is 17.2. The summed E-state index contributed by atoms with van der Waals surface area (Å²) in [6.45, 7) is 5.10. The minimum atomic E-state index is -0.951. The molecule has 1 atom stereocenters. The molecule has 6 heteroatoms. The highest BCUT2D eigenvalue weighted by molar-refractivity contribution is 9.10. The maximum Gasteiger partial charge on any atom is 0.259 e. The zero-order valence-electron chi connectivity index (χ0n) is 12.1. The molecule has 1 amide bonds. The van der Waals surface area contributed by atoms with Gasteiger partial charge in [0.05, 0.1) is 11.6 Å². The summed E-state index contributed by atoms with van der Waals surface area (Å²) in [5.41, 5.74) is -0.600. The fraction of sp³-hybridized carbons (Fsp3) is 0.400. The number of hydrogen-bond acceptors (Lipinski definition) is 4. The summed E-state index contributed by atoms with van der Waals surface area (Å²) < 4.78 is 6.09.